The molecule has 1 aliphatic heterocycles. The molecule has 17 heavy (non-hydrogen) atoms. The zero-order valence-corrected chi connectivity index (χ0v) is 12.7. The van der Waals surface area contributed by atoms with Crippen LogP contribution in [0.4, 0.5) is 0 Å². The van der Waals surface area contributed by atoms with E-state index < -0.39 is 15.6 Å². The summed E-state index contributed by atoms with van der Waals surface area (Å²) in [5.41, 5.74) is 5.29. The lowest BCUT2D eigenvalue weighted by molar-refractivity contribution is 0.274. The van der Waals surface area contributed by atoms with Gasteiger partial charge in [-0.1, -0.05) is 0 Å². The van der Waals surface area contributed by atoms with Crippen molar-refractivity contribution in [2.75, 3.05) is 13.1 Å². The van der Waals surface area contributed by atoms with Crippen molar-refractivity contribution in [3.63, 3.8) is 0 Å². The third kappa shape index (κ3) is 2.31. The van der Waals surface area contributed by atoms with Gasteiger partial charge >= 0.3 is 0 Å². The topological polar surface area (TPSA) is 63.4 Å². The third-order valence-electron chi connectivity index (χ3n) is 3.21. The van der Waals surface area contributed by atoms with Crippen molar-refractivity contribution >= 4 is 37.3 Å². The molecule has 1 aromatic rings. The molecular weight excluding hydrogens is 324 g/mol. The molecule has 0 bridgehead atoms. The highest BCUT2D eigenvalue weighted by Gasteiger charge is 2.43. The van der Waals surface area contributed by atoms with Crippen molar-refractivity contribution in [3.05, 3.63) is 15.9 Å². The van der Waals surface area contributed by atoms with Crippen LogP contribution in [0.15, 0.2) is 20.1 Å². The molecule has 1 fully saturated rings. The maximum atomic E-state index is 12.5. The molecular formula is C10H15BrN2O2S2. The predicted octanol–water partition coefficient (Wildman–Crippen LogP) is 2.01. The van der Waals surface area contributed by atoms with Gasteiger partial charge in [-0.2, -0.15) is 4.31 Å². The predicted molar refractivity (Wildman–Crippen MR) is 72.6 cm³/mol. The largest absolute Gasteiger partial charge is 0.329 e. The Morgan fingerprint density at radius 1 is 1.65 bits per heavy atom. The summed E-state index contributed by atoms with van der Waals surface area (Å²) < 4.78 is 27.7. The highest BCUT2D eigenvalue weighted by molar-refractivity contribution is 9.10. The van der Waals surface area contributed by atoms with Gasteiger partial charge in [-0.15, -0.1) is 11.3 Å². The highest BCUT2D eigenvalue weighted by atomic mass is 79.9. The molecule has 2 rings (SSSR count). The Bertz CT molecular complexity index is 514. The van der Waals surface area contributed by atoms with E-state index >= 15 is 0 Å². The van der Waals surface area contributed by atoms with Gasteiger partial charge in [0.2, 0.25) is 0 Å². The first-order valence-electron chi connectivity index (χ1n) is 5.37. The number of nitrogens with zero attached hydrogens (tertiary/aromatic N) is 1. The van der Waals surface area contributed by atoms with Gasteiger partial charge in [-0.05, 0) is 41.8 Å². The summed E-state index contributed by atoms with van der Waals surface area (Å²) in [5, 5.41) is 1.78. The van der Waals surface area contributed by atoms with Crippen LogP contribution in [0.3, 0.4) is 0 Å². The Kier molecular flexibility index (Phi) is 3.66. The summed E-state index contributed by atoms with van der Waals surface area (Å²) in [4.78, 5) is 0. The molecule has 1 atom stereocenters. The Hall–Kier alpha value is 0.0500. The van der Waals surface area contributed by atoms with Gasteiger partial charge < -0.3 is 5.73 Å². The van der Waals surface area contributed by atoms with Crippen molar-refractivity contribution in [1.29, 1.82) is 0 Å². The van der Waals surface area contributed by atoms with E-state index in [0.717, 1.165) is 17.3 Å². The molecule has 0 amide bonds. The van der Waals surface area contributed by atoms with E-state index in [9.17, 15) is 8.42 Å². The molecule has 1 saturated heterocycles. The molecule has 0 aliphatic carbocycles. The Morgan fingerprint density at radius 3 is 2.88 bits per heavy atom. The average molecular weight is 339 g/mol. The van der Waals surface area contributed by atoms with Gasteiger partial charge in [0, 0.05) is 28.5 Å². The van der Waals surface area contributed by atoms with Crippen LogP contribution in [0.5, 0.6) is 0 Å². The van der Waals surface area contributed by atoms with Gasteiger partial charge in [0.05, 0.1) is 0 Å². The highest BCUT2D eigenvalue weighted by Crippen LogP contribution is 2.36. The maximum absolute atomic E-state index is 12.5. The zero-order valence-electron chi connectivity index (χ0n) is 9.52. The Labute approximate surface area is 114 Å². The summed E-state index contributed by atoms with van der Waals surface area (Å²) in [7, 11) is -3.40. The Morgan fingerprint density at radius 2 is 2.35 bits per heavy atom. The standard InChI is InChI=1S/C10H15BrN2O2S2/c1-10(7-12)3-2-4-13(10)17(14,15)9-5-8(11)6-16-9/h5-6H,2-4,7,12H2,1H3. The molecule has 1 unspecified atom stereocenters. The molecule has 4 nitrogen and oxygen atoms in total. The molecule has 2 heterocycles. The molecule has 1 aliphatic rings. The number of thiophene rings is 1. The lowest BCUT2D eigenvalue weighted by atomic mass is 10.0. The van der Waals surface area contributed by atoms with Crippen LogP contribution in [-0.2, 0) is 10.0 Å². The monoisotopic (exact) mass is 338 g/mol. The smallest absolute Gasteiger partial charge is 0.253 e. The van der Waals surface area contributed by atoms with Gasteiger partial charge in [0.15, 0.2) is 0 Å². The summed E-state index contributed by atoms with van der Waals surface area (Å²) in [6, 6.07) is 1.65. The van der Waals surface area contributed by atoms with Crippen molar-refractivity contribution in [2.45, 2.75) is 29.5 Å². The second kappa shape index (κ2) is 4.62. The minimum Gasteiger partial charge on any atom is -0.329 e. The van der Waals surface area contributed by atoms with Gasteiger partial charge in [-0.3, -0.25) is 0 Å². The van der Waals surface area contributed by atoms with Crippen LogP contribution in [0.25, 0.3) is 0 Å². The first-order chi connectivity index (χ1) is 7.90. The number of halogens is 1. The van der Waals surface area contributed by atoms with Crippen molar-refractivity contribution in [3.8, 4) is 0 Å². The maximum Gasteiger partial charge on any atom is 0.253 e. The summed E-state index contributed by atoms with van der Waals surface area (Å²) in [6.07, 6.45) is 1.70. The van der Waals surface area contributed by atoms with Gasteiger partial charge in [0.25, 0.3) is 10.0 Å². The minimum atomic E-state index is -3.40. The van der Waals surface area contributed by atoms with Crippen LogP contribution >= 0.6 is 27.3 Å². The number of hydrogen-bond acceptors (Lipinski definition) is 4. The quantitative estimate of drug-likeness (QED) is 0.916. The lowest BCUT2D eigenvalue weighted by Gasteiger charge is -2.32. The first-order valence-corrected chi connectivity index (χ1v) is 8.48. The van der Waals surface area contributed by atoms with Gasteiger partial charge in [-0.25, -0.2) is 8.42 Å². The van der Waals surface area contributed by atoms with Crippen LogP contribution in [0.2, 0.25) is 0 Å². The summed E-state index contributed by atoms with van der Waals surface area (Å²) in [6.45, 7) is 2.84. The van der Waals surface area contributed by atoms with E-state index in [4.69, 9.17) is 5.73 Å². The number of rotatable bonds is 3. The summed E-state index contributed by atoms with van der Waals surface area (Å²) in [5.74, 6) is 0. The molecule has 1 aromatic heterocycles. The molecule has 2 N–H and O–H groups in total. The SMILES string of the molecule is CC1(CN)CCCN1S(=O)(=O)c1cc(Br)cs1. The van der Waals surface area contributed by atoms with E-state index in [1.807, 2.05) is 6.92 Å². The third-order valence-corrected chi connectivity index (χ3v) is 7.44. The number of sulfonamides is 1. The number of hydrogen-bond donors (Lipinski definition) is 1. The second-order valence-corrected chi connectivity index (χ2v) is 8.38. The number of nitrogens with two attached hydrogens (primary N) is 1. The van der Waals surface area contributed by atoms with Crippen LogP contribution in [-0.4, -0.2) is 31.4 Å². The van der Waals surface area contributed by atoms with Gasteiger partial charge in [0.1, 0.15) is 4.21 Å². The lowest BCUT2D eigenvalue weighted by Crippen LogP contribution is -2.49. The normalized spacial score (nSPS) is 26.5. The van der Waals surface area contributed by atoms with Crippen molar-refractivity contribution in [1.82, 2.24) is 4.31 Å². The van der Waals surface area contributed by atoms with E-state index in [1.54, 1.807) is 15.8 Å². The Balaban J connectivity index is 2.40. The fraction of sp³-hybridized carbons (Fsp3) is 0.600. The van der Waals surface area contributed by atoms with E-state index in [1.165, 1.54) is 11.3 Å². The first kappa shape index (κ1) is 13.5. The molecule has 7 heteroatoms. The van der Waals surface area contributed by atoms with E-state index in [-0.39, 0.29) is 0 Å². The fourth-order valence-electron chi connectivity index (χ4n) is 2.15. The molecule has 0 saturated carbocycles. The average Bonchev–Trinajstić information content (AvgIpc) is 2.86. The van der Waals surface area contributed by atoms with Crippen molar-refractivity contribution in [2.24, 2.45) is 5.73 Å². The van der Waals surface area contributed by atoms with E-state index in [0.29, 0.717) is 17.3 Å². The zero-order chi connectivity index (χ0) is 12.7. The minimum absolute atomic E-state index is 0.360. The van der Waals surface area contributed by atoms with Crippen molar-refractivity contribution < 1.29 is 8.42 Å². The fourth-order valence-corrected chi connectivity index (χ4v) is 5.96. The van der Waals surface area contributed by atoms with E-state index in [2.05, 4.69) is 15.9 Å². The van der Waals surface area contributed by atoms with Crippen LogP contribution < -0.4 is 5.73 Å². The molecule has 0 aromatic carbocycles. The second-order valence-electron chi connectivity index (χ2n) is 4.47. The van der Waals surface area contributed by atoms with Crippen LogP contribution in [0, 0.1) is 0 Å². The van der Waals surface area contributed by atoms with Crippen LogP contribution in [0.1, 0.15) is 19.8 Å². The molecule has 0 radical (unpaired) electrons. The molecule has 0 spiro atoms. The molecule has 96 valence electrons. The summed E-state index contributed by atoms with van der Waals surface area (Å²) >= 11 is 4.52.